The molecule has 0 spiro atoms. The first-order valence-corrected chi connectivity index (χ1v) is 11.6. The molecule has 1 aliphatic carbocycles. The molecule has 2 aromatic carbocycles. The lowest BCUT2D eigenvalue weighted by atomic mass is 9.72. The average molecular weight is 446 g/mol. The van der Waals surface area contributed by atoms with Gasteiger partial charge in [0.2, 0.25) is 5.95 Å². The fourth-order valence-corrected chi connectivity index (χ4v) is 5.31. The highest BCUT2D eigenvalue weighted by Gasteiger charge is 2.48. The van der Waals surface area contributed by atoms with Crippen molar-refractivity contribution >= 4 is 5.95 Å². The van der Waals surface area contributed by atoms with Gasteiger partial charge in [0.05, 0.1) is 13.2 Å². The molecule has 5 rings (SSSR count). The van der Waals surface area contributed by atoms with Gasteiger partial charge in [0.15, 0.2) is 11.5 Å². The van der Waals surface area contributed by atoms with E-state index in [1.807, 2.05) is 19.1 Å². The smallest absolute Gasteiger partial charge is 0.225 e. The lowest BCUT2D eigenvalue weighted by Crippen LogP contribution is -2.37. The van der Waals surface area contributed by atoms with Crippen molar-refractivity contribution in [3.05, 3.63) is 77.6 Å². The molecule has 6 nitrogen and oxygen atoms in total. The molecule has 0 amide bonds. The molecule has 33 heavy (non-hydrogen) atoms. The SMILES string of the molecule is COc1ccc([C@@H]2CN(c3ncccn3)C[C@@]2(C)[C@@H](C)O)cc1OC1Cc2ccccc2C1. The van der Waals surface area contributed by atoms with Gasteiger partial charge in [-0.1, -0.05) is 37.3 Å². The van der Waals surface area contributed by atoms with Gasteiger partial charge in [0.1, 0.15) is 6.10 Å². The first-order valence-electron chi connectivity index (χ1n) is 11.6. The number of anilines is 1. The van der Waals surface area contributed by atoms with Crippen LogP contribution in [0.5, 0.6) is 11.5 Å². The maximum absolute atomic E-state index is 10.8. The Hall–Kier alpha value is -3.12. The molecular formula is C27H31N3O3. The fraction of sp³-hybridized carbons (Fsp3) is 0.407. The van der Waals surface area contributed by atoms with E-state index >= 15 is 0 Å². The standard InChI is InChI=1S/C27H31N3O3/c1-18(31)27(2)17-30(26-28-11-6-12-29-26)16-23(27)21-9-10-24(32-3)25(15-21)33-22-13-19-7-4-5-8-20(19)14-22/h4-12,15,18,22-23,31H,13-14,16-17H2,1-3H3/t18-,23+,27+/m1/s1. The maximum atomic E-state index is 10.8. The van der Waals surface area contributed by atoms with Crippen LogP contribution in [0.4, 0.5) is 5.95 Å². The van der Waals surface area contributed by atoms with E-state index in [4.69, 9.17) is 9.47 Å². The minimum absolute atomic E-state index is 0.0903. The Morgan fingerprint density at radius 3 is 2.36 bits per heavy atom. The average Bonchev–Trinajstić information content (AvgIpc) is 3.41. The van der Waals surface area contributed by atoms with Crippen molar-refractivity contribution in [2.75, 3.05) is 25.1 Å². The molecule has 3 aromatic rings. The maximum Gasteiger partial charge on any atom is 0.225 e. The minimum atomic E-state index is -0.494. The summed E-state index contributed by atoms with van der Waals surface area (Å²) in [6.07, 6.45) is 4.91. The van der Waals surface area contributed by atoms with Crippen LogP contribution in [-0.4, -0.2) is 47.5 Å². The number of nitrogens with zero attached hydrogens (tertiary/aromatic N) is 3. The van der Waals surface area contributed by atoms with Crippen molar-refractivity contribution in [2.45, 2.75) is 44.8 Å². The van der Waals surface area contributed by atoms with Gasteiger partial charge in [0, 0.05) is 49.7 Å². The van der Waals surface area contributed by atoms with Gasteiger partial charge in [-0.05, 0) is 41.8 Å². The zero-order chi connectivity index (χ0) is 23.0. The first-order chi connectivity index (χ1) is 16.0. The molecular weight excluding hydrogens is 414 g/mol. The Morgan fingerprint density at radius 2 is 1.73 bits per heavy atom. The van der Waals surface area contributed by atoms with Gasteiger partial charge in [-0.2, -0.15) is 0 Å². The summed E-state index contributed by atoms with van der Waals surface area (Å²) in [5.41, 5.74) is 3.49. The topological polar surface area (TPSA) is 67.7 Å². The predicted molar refractivity (Wildman–Crippen MR) is 128 cm³/mol. The molecule has 0 unspecified atom stereocenters. The zero-order valence-corrected chi connectivity index (χ0v) is 19.4. The lowest BCUT2D eigenvalue weighted by molar-refractivity contribution is 0.0558. The second-order valence-electron chi connectivity index (χ2n) is 9.49. The summed E-state index contributed by atoms with van der Waals surface area (Å²) in [5.74, 6) is 2.28. The molecule has 2 aliphatic rings. The van der Waals surface area contributed by atoms with Crippen LogP contribution in [0.2, 0.25) is 0 Å². The molecule has 0 bridgehead atoms. The van der Waals surface area contributed by atoms with Gasteiger partial charge >= 0.3 is 0 Å². The second kappa shape index (κ2) is 8.67. The highest BCUT2D eigenvalue weighted by Crippen LogP contribution is 2.47. The van der Waals surface area contributed by atoms with Crippen LogP contribution in [0.1, 0.15) is 36.5 Å². The fourth-order valence-electron chi connectivity index (χ4n) is 5.31. The molecule has 2 heterocycles. The summed E-state index contributed by atoms with van der Waals surface area (Å²) in [5, 5.41) is 10.8. The summed E-state index contributed by atoms with van der Waals surface area (Å²) < 4.78 is 12.1. The summed E-state index contributed by atoms with van der Waals surface area (Å²) in [4.78, 5) is 11.0. The van der Waals surface area contributed by atoms with E-state index in [2.05, 4.69) is 58.2 Å². The van der Waals surface area contributed by atoms with Gasteiger partial charge < -0.3 is 19.5 Å². The zero-order valence-electron chi connectivity index (χ0n) is 19.4. The van der Waals surface area contributed by atoms with Crippen LogP contribution >= 0.6 is 0 Å². The summed E-state index contributed by atoms with van der Waals surface area (Å²) in [6, 6.07) is 16.5. The molecule has 1 N–H and O–H groups in total. The minimum Gasteiger partial charge on any atom is -0.493 e. The molecule has 6 heteroatoms. The van der Waals surface area contributed by atoms with E-state index < -0.39 is 6.10 Å². The summed E-state index contributed by atoms with van der Waals surface area (Å²) in [6.45, 7) is 5.42. The molecule has 1 fully saturated rings. The molecule has 1 saturated heterocycles. The van der Waals surface area contributed by atoms with E-state index in [9.17, 15) is 5.11 Å². The number of hydrogen-bond donors (Lipinski definition) is 1. The predicted octanol–water partition coefficient (Wildman–Crippen LogP) is 4.02. The number of benzene rings is 2. The second-order valence-corrected chi connectivity index (χ2v) is 9.49. The monoisotopic (exact) mass is 445 g/mol. The van der Waals surface area contributed by atoms with Crippen molar-refractivity contribution in [3.8, 4) is 11.5 Å². The quantitative estimate of drug-likeness (QED) is 0.618. The Morgan fingerprint density at radius 1 is 1.03 bits per heavy atom. The summed E-state index contributed by atoms with van der Waals surface area (Å²) in [7, 11) is 1.68. The first kappa shape index (κ1) is 21.7. The Balaban J connectivity index is 1.43. The van der Waals surface area contributed by atoms with Crippen LogP contribution in [0.3, 0.4) is 0 Å². The van der Waals surface area contributed by atoms with Crippen LogP contribution < -0.4 is 14.4 Å². The number of hydrogen-bond acceptors (Lipinski definition) is 6. The highest BCUT2D eigenvalue weighted by molar-refractivity contribution is 5.47. The number of aliphatic hydroxyl groups is 1. The van der Waals surface area contributed by atoms with Gasteiger partial charge in [-0.25, -0.2) is 9.97 Å². The van der Waals surface area contributed by atoms with E-state index in [0.717, 1.165) is 36.4 Å². The van der Waals surface area contributed by atoms with Gasteiger partial charge in [0.25, 0.3) is 0 Å². The third-order valence-corrected chi connectivity index (χ3v) is 7.42. The van der Waals surface area contributed by atoms with Crippen molar-refractivity contribution in [1.29, 1.82) is 0 Å². The third kappa shape index (κ3) is 4.04. The number of aromatic nitrogens is 2. The van der Waals surface area contributed by atoms with E-state index in [1.165, 1.54) is 11.1 Å². The van der Waals surface area contributed by atoms with Crippen LogP contribution in [-0.2, 0) is 12.8 Å². The van der Waals surface area contributed by atoms with Crippen LogP contribution in [0.15, 0.2) is 60.9 Å². The number of aliphatic hydroxyl groups excluding tert-OH is 1. The number of rotatable bonds is 6. The number of ether oxygens (including phenoxy) is 2. The normalized spacial score (nSPS) is 23.4. The van der Waals surface area contributed by atoms with E-state index in [-0.39, 0.29) is 17.4 Å². The highest BCUT2D eigenvalue weighted by atomic mass is 16.5. The molecule has 1 aromatic heterocycles. The van der Waals surface area contributed by atoms with Gasteiger partial charge in [-0.3, -0.25) is 0 Å². The largest absolute Gasteiger partial charge is 0.493 e. The van der Waals surface area contributed by atoms with Crippen LogP contribution in [0, 0.1) is 5.41 Å². The van der Waals surface area contributed by atoms with Crippen molar-refractivity contribution < 1.29 is 14.6 Å². The Labute approximate surface area is 195 Å². The van der Waals surface area contributed by atoms with Crippen molar-refractivity contribution in [3.63, 3.8) is 0 Å². The Kier molecular flexibility index (Phi) is 5.71. The number of fused-ring (bicyclic) bond motifs is 1. The third-order valence-electron chi connectivity index (χ3n) is 7.42. The molecule has 172 valence electrons. The van der Waals surface area contributed by atoms with Crippen LogP contribution in [0.25, 0.3) is 0 Å². The van der Waals surface area contributed by atoms with Crippen molar-refractivity contribution in [1.82, 2.24) is 9.97 Å². The lowest BCUT2D eigenvalue weighted by Gasteiger charge is -2.34. The van der Waals surface area contributed by atoms with E-state index in [1.54, 1.807) is 19.5 Å². The molecule has 1 aliphatic heterocycles. The Bertz CT molecular complexity index is 1100. The number of methoxy groups -OCH3 is 1. The molecule has 0 saturated carbocycles. The van der Waals surface area contributed by atoms with Crippen molar-refractivity contribution in [2.24, 2.45) is 5.41 Å². The summed E-state index contributed by atoms with van der Waals surface area (Å²) >= 11 is 0. The molecule has 3 atom stereocenters. The van der Waals surface area contributed by atoms with E-state index in [0.29, 0.717) is 12.5 Å². The van der Waals surface area contributed by atoms with Gasteiger partial charge in [-0.15, -0.1) is 0 Å². The molecule has 0 radical (unpaired) electrons.